The summed E-state index contributed by atoms with van der Waals surface area (Å²) < 4.78 is 28.8. The molecule has 0 saturated heterocycles. The number of hydrogen-bond donors (Lipinski definition) is 0. The molecule has 0 aliphatic rings. The molecule has 0 heterocycles. The summed E-state index contributed by atoms with van der Waals surface area (Å²) in [6.07, 6.45) is 0. The maximum absolute atomic E-state index is 9.58. The topological polar surface area (TPSA) is 0 Å². The van der Waals surface area contributed by atoms with Gasteiger partial charge < -0.3 is 13.2 Å². The van der Waals surface area contributed by atoms with E-state index in [4.69, 9.17) is 11.6 Å². The second kappa shape index (κ2) is 9.57. The third-order valence-corrected chi connectivity index (χ3v) is 1.68. The van der Waals surface area contributed by atoms with Gasteiger partial charge in [0.1, 0.15) is 0 Å². The molecule has 0 fully saturated rings. The van der Waals surface area contributed by atoms with Crippen molar-refractivity contribution >= 4 is 11.6 Å². The monoisotopic (exact) mass is 460 g/mol. The first-order valence-corrected chi connectivity index (χ1v) is 4.32. The molecule has 0 aliphatic heterocycles. The van der Waals surface area contributed by atoms with Crippen LogP contribution >= 0.6 is 11.6 Å². The van der Waals surface area contributed by atoms with Gasteiger partial charge in [0, 0.05) is 0 Å². The van der Waals surface area contributed by atoms with Crippen molar-refractivity contribution in [3.63, 3.8) is 0 Å². The van der Waals surface area contributed by atoms with Crippen LogP contribution in [0.1, 0.15) is 25.3 Å². The van der Waals surface area contributed by atoms with E-state index in [2.05, 4.69) is 19.9 Å². The Labute approximate surface area is 117 Å². The average molecular weight is 461 g/mol. The second-order valence-electron chi connectivity index (χ2n) is 2.84. The van der Waals surface area contributed by atoms with E-state index in [0.717, 1.165) is 0 Å². The van der Waals surface area contributed by atoms with Crippen molar-refractivity contribution < 1.29 is 44.3 Å². The van der Waals surface area contributed by atoms with Crippen LogP contribution in [0.25, 0.3) is 0 Å². The molecule has 0 N–H and O–H groups in total. The molecule has 1 rings (SSSR count). The summed E-state index contributed by atoms with van der Waals surface area (Å²) in [6, 6.07) is 8.74. The Balaban J connectivity index is 0. The largest absolute Gasteiger partial charge is 2.00 e. The number of halogens is 4. The van der Waals surface area contributed by atoms with Crippen LogP contribution in [-0.4, -0.2) is 0 Å². The number of rotatable bonds is 1. The van der Waals surface area contributed by atoms with Crippen molar-refractivity contribution in [2.75, 3.05) is 0 Å². The first-order valence-electron chi connectivity index (χ1n) is 3.94. The summed E-state index contributed by atoms with van der Waals surface area (Å²) in [6.45, 7) is 1.21. The fourth-order valence-electron chi connectivity index (χ4n) is 0.813. The van der Waals surface area contributed by atoms with Gasteiger partial charge in [0.25, 0.3) is 0 Å². The Kier molecular flexibility index (Phi) is 11.3. The fourth-order valence-corrected chi connectivity index (χ4v) is 1.00. The fraction of sp³-hybridized carbons (Fsp3) is 0.300. The molecule has 15 heavy (non-hydrogen) atoms. The molecule has 1 aromatic rings. The summed E-state index contributed by atoms with van der Waals surface area (Å²) >= 11 is 5.73. The van der Waals surface area contributed by atoms with E-state index in [9.17, 15) is 13.2 Å². The van der Waals surface area contributed by atoms with Crippen molar-refractivity contribution in [3.05, 3.63) is 41.5 Å². The average Bonchev–Trinajstić information content (AvgIpc) is 2.03. The van der Waals surface area contributed by atoms with Gasteiger partial charge in [-0.3, -0.25) is 0 Å². The molecule has 82 valence electrons. The van der Waals surface area contributed by atoms with Gasteiger partial charge in [-0.1, -0.05) is 18.9 Å². The maximum Gasteiger partial charge on any atom is 2.00 e. The normalized spacial score (nSPS) is 9.33. The van der Waals surface area contributed by atoms with Crippen molar-refractivity contribution in [1.29, 1.82) is 0 Å². The predicted molar refractivity (Wildman–Crippen MR) is 50.9 cm³/mol. The zero-order chi connectivity index (χ0) is 11.1. The minimum atomic E-state index is -3.08. The smallest absolute Gasteiger partial charge is 0.385 e. The molecule has 0 radical (unpaired) electrons. The second-order valence-corrected chi connectivity index (χ2v) is 3.25. The molecule has 0 saturated carbocycles. The van der Waals surface area contributed by atoms with Gasteiger partial charge in [0.05, 0.1) is 0 Å². The maximum atomic E-state index is 9.58. The molecule has 0 aliphatic carbocycles. The van der Waals surface area contributed by atoms with E-state index >= 15 is 0 Å². The van der Waals surface area contributed by atoms with Crippen molar-refractivity contribution in [3.8, 4) is 0 Å². The number of hydrogen-bond acceptors (Lipinski definition) is 0. The van der Waals surface area contributed by atoms with Crippen LogP contribution in [-0.2, 0) is 0 Å². The Hall–Kier alpha value is 0.352. The molecule has 0 unspecified atom stereocenters. The minimum Gasteiger partial charge on any atom is -0.385 e. The van der Waals surface area contributed by atoms with Crippen molar-refractivity contribution in [1.82, 2.24) is 0 Å². The zero-order valence-electron chi connectivity index (χ0n) is 8.32. The van der Waals surface area contributed by atoms with Crippen LogP contribution in [0, 0.1) is 43.9 Å². The minimum absolute atomic E-state index is 0. The van der Waals surface area contributed by atoms with Gasteiger partial charge in [-0.2, -0.15) is 23.8 Å². The van der Waals surface area contributed by atoms with Crippen LogP contribution < -0.4 is 0 Å². The summed E-state index contributed by atoms with van der Waals surface area (Å²) in [5.74, 6) is 0.548. The molecular formula is C10H10ClF3U. The van der Waals surface area contributed by atoms with E-state index in [-0.39, 0.29) is 31.1 Å². The van der Waals surface area contributed by atoms with Crippen LogP contribution in [0.2, 0.25) is 5.02 Å². The van der Waals surface area contributed by atoms with Crippen LogP contribution in [0.4, 0.5) is 13.2 Å². The van der Waals surface area contributed by atoms with Gasteiger partial charge in [-0.15, -0.1) is 17.7 Å². The Morgan fingerprint density at radius 1 is 1.33 bits per heavy atom. The SMILES string of the molecule is CC(C)c1cc[c-]c(Cl)c1.F[C-](F)F.[U+2]. The van der Waals surface area contributed by atoms with Gasteiger partial charge in [0.2, 0.25) is 0 Å². The summed E-state index contributed by atoms with van der Waals surface area (Å²) in [7, 11) is 0. The van der Waals surface area contributed by atoms with E-state index in [1.165, 1.54) is 5.56 Å². The van der Waals surface area contributed by atoms with Gasteiger partial charge in [-0.05, 0) is 5.92 Å². The van der Waals surface area contributed by atoms with Crippen molar-refractivity contribution in [2.24, 2.45) is 0 Å². The Bertz CT molecular complexity index is 264. The Morgan fingerprint density at radius 3 is 2.07 bits per heavy atom. The number of benzene rings is 1. The van der Waals surface area contributed by atoms with Crippen LogP contribution in [0.3, 0.4) is 0 Å². The van der Waals surface area contributed by atoms with Crippen LogP contribution in [0.5, 0.6) is 0 Å². The Morgan fingerprint density at radius 2 is 1.80 bits per heavy atom. The first kappa shape index (κ1) is 17.7. The third kappa shape index (κ3) is 10.6. The van der Waals surface area contributed by atoms with E-state index in [0.29, 0.717) is 10.9 Å². The molecular weight excluding hydrogens is 451 g/mol. The standard InChI is InChI=1S/C9H10Cl.CF3.U/c1-7(2)8-4-3-5-9(10)6-8;2-1(3)4;/h3-4,6-7H,1-2H3;;/q2*-1;+2. The van der Waals surface area contributed by atoms with Gasteiger partial charge >= 0.3 is 31.1 Å². The van der Waals surface area contributed by atoms with E-state index in [1.54, 1.807) is 0 Å². The molecule has 0 nitrogen and oxygen atoms in total. The molecule has 0 amide bonds. The van der Waals surface area contributed by atoms with Gasteiger partial charge in [0.15, 0.2) is 6.68 Å². The van der Waals surface area contributed by atoms with E-state index in [1.807, 2.05) is 18.2 Å². The molecule has 5 heteroatoms. The van der Waals surface area contributed by atoms with Crippen LogP contribution in [0.15, 0.2) is 18.2 Å². The molecule has 0 aromatic heterocycles. The quantitative estimate of drug-likeness (QED) is 0.537. The predicted octanol–water partition coefficient (Wildman–Crippen LogP) is 4.61. The summed E-state index contributed by atoms with van der Waals surface area (Å²) in [4.78, 5) is 0. The third-order valence-electron chi connectivity index (χ3n) is 1.46. The molecule has 0 spiro atoms. The van der Waals surface area contributed by atoms with Crippen molar-refractivity contribution in [2.45, 2.75) is 19.8 Å². The van der Waals surface area contributed by atoms with E-state index < -0.39 is 6.68 Å². The molecule has 0 bridgehead atoms. The zero-order valence-corrected chi connectivity index (χ0v) is 13.2. The summed E-state index contributed by atoms with van der Waals surface area (Å²) in [5.41, 5.74) is 1.27. The van der Waals surface area contributed by atoms with Gasteiger partial charge in [-0.25, -0.2) is 0 Å². The summed E-state index contributed by atoms with van der Waals surface area (Å²) in [5, 5.41) is 0.700. The first-order chi connectivity index (χ1) is 6.43. The molecule has 0 atom stereocenters. The molecule has 1 aromatic carbocycles.